The molecule has 1 N–H and O–H groups in total. The highest BCUT2D eigenvalue weighted by Gasteiger charge is 2.16. The van der Waals surface area contributed by atoms with Crippen molar-refractivity contribution in [3.05, 3.63) is 73.6 Å². The summed E-state index contributed by atoms with van der Waals surface area (Å²) in [5.74, 6) is -0.427. The van der Waals surface area contributed by atoms with Gasteiger partial charge in [0.05, 0.1) is 22.1 Å². The molecule has 1 aromatic carbocycles. The molecule has 0 aliphatic rings. The highest BCUT2D eigenvalue weighted by molar-refractivity contribution is 7.15. The molecule has 25 heavy (non-hydrogen) atoms. The van der Waals surface area contributed by atoms with Crippen molar-refractivity contribution in [2.24, 2.45) is 0 Å². The normalized spacial score (nSPS) is 10.2. The third kappa shape index (κ3) is 4.06. The SMILES string of the molecule is N#Cc1ccc(Cc2cnc(NC(=O)c3csc([N+](=O)[O-])c3)s2)cc1. The molecule has 2 aromatic heterocycles. The van der Waals surface area contributed by atoms with Crippen LogP contribution in [-0.2, 0) is 6.42 Å². The number of rotatable bonds is 5. The fourth-order valence-electron chi connectivity index (χ4n) is 2.05. The number of thiazole rings is 1. The number of carbonyl (C=O) groups excluding carboxylic acids is 1. The molecule has 7 nitrogen and oxygen atoms in total. The van der Waals surface area contributed by atoms with Gasteiger partial charge < -0.3 is 0 Å². The van der Waals surface area contributed by atoms with Crippen molar-refractivity contribution < 1.29 is 9.72 Å². The summed E-state index contributed by atoms with van der Waals surface area (Å²) in [7, 11) is 0. The van der Waals surface area contributed by atoms with Gasteiger partial charge in [-0.1, -0.05) is 23.5 Å². The van der Waals surface area contributed by atoms with E-state index in [-0.39, 0.29) is 10.6 Å². The Morgan fingerprint density at radius 2 is 2.12 bits per heavy atom. The molecule has 0 bridgehead atoms. The first kappa shape index (κ1) is 16.8. The van der Waals surface area contributed by atoms with Gasteiger partial charge in [-0.2, -0.15) is 5.26 Å². The Morgan fingerprint density at radius 1 is 1.36 bits per heavy atom. The highest BCUT2D eigenvalue weighted by atomic mass is 32.1. The van der Waals surface area contributed by atoms with E-state index in [1.165, 1.54) is 22.8 Å². The summed E-state index contributed by atoms with van der Waals surface area (Å²) in [5, 5.41) is 23.9. The smallest absolute Gasteiger partial charge is 0.298 e. The standard InChI is InChI=1S/C16H10N4O3S2/c17-7-11-3-1-10(2-4-11)5-13-8-18-16(25-13)19-15(21)12-6-14(20(22)23)24-9-12/h1-4,6,8-9H,5H2,(H,18,19,21). The Labute approximate surface area is 150 Å². The molecule has 0 aliphatic carbocycles. The molecule has 9 heteroatoms. The van der Waals surface area contributed by atoms with Crippen LogP contribution in [-0.4, -0.2) is 15.8 Å². The summed E-state index contributed by atoms with van der Waals surface area (Å²) in [6, 6.07) is 10.6. The van der Waals surface area contributed by atoms with E-state index >= 15 is 0 Å². The van der Waals surface area contributed by atoms with E-state index in [2.05, 4.69) is 16.4 Å². The Kier molecular flexibility index (Phi) is 4.83. The largest absolute Gasteiger partial charge is 0.324 e. The van der Waals surface area contributed by atoms with Crippen LogP contribution in [0.2, 0.25) is 0 Å². The van der Waals surface area contributed by atoms with Crippen LogP contribution < -0.4 is 5.32 Å². The second kappa shape index (κ2) is 7.21. The van der Waals surface area contributed by atoms with Crippen LogP contribution in [0.4, 0.5) is 10.1 Å². The topological polar surface area (TPSA) is 109 Å². The molecule has 0 spiro atoms. The van der Waals surface area contributed by atoms with E-state index in [9.17, 15) is 14.9 Å². The molecule has 0 unspecified atom stereocenters. The van der Waals surface area contributed by atoms with Crippen molar-refractivity contribution in [1.82, 2.24) is 4.98 Å². The van der Waals surface area contributed by atoms with Crippen molar-refractivity contribution in [1.29, 1.82) is 5.26 Å². The maximum Gasteiger partial charge on any atom is 0.324 e. The third-order valence-corrected chi connectivity index (χ3v) is 5.06. The summed E-state index contributed by atoms with van der Waals surface area (Å²) in [6.07, 6.45) is 2.32. The van der Waals surface area contributed by atoms with E-state index in [0.717, 1.165) is 21.8 Å². The van der Waals surface area contributed by atoms with E-state index in [1.807, 2.05) is 12.1 Å². The predicted octanol–water partition coefficient (Wildman–Crippen LogP) is 3.83. The first-order valence-electron chi connectivity index (χ1n) is 7.03. The van der Waals surface area contributed by atoms with Gasteiger partial charge in [0.25, 0.3) is 5.91 Å². The molecule has 2 heterocycles. The van der Waals surface area contributed by atoms with Crippen LogP contribution >= 0.6 is 22.7 Å². The van der Waals surface area contributed by atoms with Crippen LogP contribution in [0.25, 0.3) is 0 Å². The number of hydrogen-bond donors (Lipinski definition) is 1. The van der Waals surface area contributed by atoms with Crippen LogP contribution in [0.1, 0.15) is 26.4 Å². The number of nitro groups is 1. The Hall–Kier alpha value is -3.09. The Balaban J connectivity index is 1.65. The molecule has 1 amide bonds. The summed E-state index contributed by atoms with van der Waals surface area (Å²) in [6.45, 7) is 0. The van der Waals surface area contributed by atoms with Gasteiger partial charge in [0.15, 0.2) is 5.13 Å². The first-order chi connectivity index (χ1) is 12.0. The van der Waals surface area contributed by atoms with Crippen molar-refractivity contribution in [3.8, 4) is 6.07 Å². The molecule has 0 saturated heterocycles. The minimum Gasteiger partial charge on any atom is -0.298 e. The number of hydrogen-bond acceptors (Lipinski definition) is 7. The van der Waals surface area contributed by atoms with Crippen LogP contribution in [0.3, 0.4) is 0 Å². The van der Waals surface area contributed by atoms with Crippen molar-refractivity contribution in [2.45, 2.75) is 6.42 Å². The van der Waals surface area contributed by atoms with Gasteiger partial charge in [-0.3, -0.25) is 20.2 Å². The summed E-state index contributed by atoms with van der Waals surface area (Å²) >= 11 is 2.24. The second-order valence-corrected chi connectivity index (χ2v) is 7.01. The average molecular weight is 370 g/mol. The molecule has 3 aromatic rings. The lowest BCUT2D eigenvalue weighted by molar-refractivity contribution is -0.380. The zero-order valence-electron chi connectivity index (χ0n) is 12.6. The summed E-state index contributed by atoms with van der Waals surface area (Å²) < 4.78 is 0. The molecule has 0 atom stereocenters. The Bertz CT molecular complexity index is 970. The monoisotopic (exact) mass is 370 g/mol. The minimum absolute atomic E-state index is 0.0780. The number of nitrogens with one attached hydrogen (secondary N) is 1. The zero-order chi connectivity index (χ0) is 17.8. The average Bonchev–Trinajstić information content (AvgIpc) is 3.25. The number of benzene rings is 1. The van der Waals surface area contributed by atoms with Gasteiger partial charge >= 0.3 is 5.00 Å². The van der Waals surface area contributed by atoms with E-state index < -0.39 is 10.8 Å². The molecular weight excluding hydrogens is 360 g/mol. The molecule has 0 saturated carbocycles. The van der Waals surface area contributed by atoms with Crippen LogP contribution in [0, 0.1) is 21.4 Å². The number of thiophene rings is 1. The number of carbonyl (C=O) groups is 1. The minimum atomic E-state index is -0.527. The third-order valence-electron chi connectivity index (χ3n) is 3.26. The second-order valence-electron chi connectivity index (χ2n) is 5.00. The van der Waals surface area contributed by atoms with E-state index in [1.54, 1.807) is 18.3 Å². The zero-order valence-corrected chi connectivity index (χ0v) is 14.3. The lowest BCUT2D eigenvalue weighted by Gasteiger charge is -1.99. The van der Waals surface area contributed by atoms with Gasteiger partial charge in [0, 0.05) is 28.9 Å². The lowest BCUT2D eigenvalue weighted by atomic mass is 10.1. The summed E-state index contributed by atoms with van der Waals surface area (Å²) in [4.78, 5) is 27.4. The van der Waals surface area contributed by atoms with Gasteiger partial charge in [-0.15, -0.1) is 11.3 Å². The summed E-state index contributed by atoms with van der Waals surface area (Å²) in [5.41, 5.74) is 1.88. The van der Waals surface area contributed by atoms with Crippen LogP contribution in [0.15, 0.2) is 41.9 Å². The molecular formula is C16H10N4O3S2. The van der Waals surface area contributed by atoms with Gasteiger partial charge in [0.2, 0.25) is 0 Å². The molecule has 0 fully saturated rings. The predicted molar refractivity (Wildman–Crippen MR) is 95.0 cm³/mol. The van der Waals surface area contributed by atoms with Gasteiger partial charge in [-0.05, 0) is 17.7 Å². The highest BCUT2D eigenvalue weighted by Crippen LogP contribution is 2.25. The van der Waals surface area contributed by atoms with Crippen molar-refractivity contribution in [3.63, 3.8) is 0 Å². The lowest BCUT2D eigenvalue weighted by Crippen LogP contribution is -2.10. The van der Waals surface area contributed by atoms with Crippen molar-refractivity contribution in [2.75, 3.05) is 5.32 Å². The number of nitrogens with zero attached hydrogens (tertiary/aromatic N) is 3. The fraction of sp³-hybridized carbons (Fsp3) is 0.0625. The molecule has 124 valence electrons. The van der Waals surface area contributed by atoms with Gasteiger partial charge in [-0.25, -0.2) is 4.98 Å². The number of anilines is 1. The quantitative estimate of drug-likeness (QED) is 0.542. The maximum absolute atomic E-state index is 12.1. The van der Waals surface area contributed by atoms with Crippen LogP contribution in [0.5, 0.6) is 0 Å². The molecule has 3 rings (SSSR count). The number of amides is 1. The van der Waals surface area contributed by atoms with Gasteiger partial charge in [0.1, 0.15) is 0 Å². The maximum atomic E-state index is 12.1. The number of nitriles is 1. The molecule has 0 radical (unpaired) electrons. The fourth-order valence-corrected chi connectivity index (χ4v) is 3.60. The van der Waals surface area contributed by atoms with Crippen molar-refractivity contribution >= 4 is 38.7 Å². The number of aromatic nitrogens is 1. The Morgan fingerprint density at radius 3 is 2.76 bits per heavy atom. The first-order valence-corrected chi connectivity index (χ1v) is 8.73. The molecule has 0 aliphatic heterocycles. The van der Waals surface area contributed by atoms with E-state index in [0.29, 0.717) is 17.1 Å². The van der Waals surface area contributed by atoms with E-state index in [4.69, 9.17) is 5.26 Å².